The molecule has 5 heteroatoms. The number of hydrogen-bond donors (Lipinski definition) is 0. The van der Waals surface area contributed by atoms with Crippen molar-refractivity contribution >= 4 is 17.5 Å². The number of esters is 1. The molecule has 0 saturated heterocycles. The van der Waals surface area contributed by atoms with Gasteiger partial charge < -0.3 is 4.74 Å². The van der Waals surface area contributed by atoms with E-state index in [2.05, 4.69) is 0 Å². The lowest BCUT2D eigenvalue weighted by atomic mass is 9.69. The van der Waals surface area contributed by atoms with E-state index < -0.39 is 11.8 Å². The van der Waals surface area contributed by atoms with E-state index in [4.69, 9.17) is 9.73 Å². The number of carbonyl (C=O) groups is 2. The lowest BCUT2D eigenvalue weighted by Crippen LogP contribution is -2.39. The Hall–Kier alpha value is -3.08. The number of nitrogens with zero attached hydrogens (tertiary/aromatic N) is 1. The van der Waals surface area contributed by atoms with E-state index in [-0.39, 0.29) is 29.6 Å². The molecule has 5 rings (SSSR count). The zero-order valence-corrected chi connectivity index (χ0v) is 18.8. The first-order valence-electron chi connectivity index (χ1n) is 11.8. The highest BCUT2D eigenvalue weighted by atomic mass is 19.1. The SMILES string of the molecule is CC1=NC2=C(C(=O)CC(c3ccccc3)C2)C(c2ccc(F)cc2)C1C(=O)OC1CCCC1. The molecule has 3 unspecified atom stereocenters. The summed E-state index contributed by atoms with van der Waals surface area (Å²) < 4.78 is 19.6. The Kier molecular flexibility index (Phi) is 5.96. The first kappa shape index (κ1) is 21.7. The standard InChI is InChI=1S/C28H28FNO3/c1-17-25(28(32)33-22-9-5-6-10-22)26(19-11-13-21(29)14-12-19)27-23(30-17)15-20(16-24(27)31)18-7-3-2-4-8-18/h2-4,7-8,11-14,20,22,25-26H,5-6,9-10,15-16H2,1H3. The Bertz CT molecular complexity index is 1110. The molecule has 2 aromatic rings. The number of ketones is 1. The van der Waals surface area contributed by atoms with Crippen molar-refractivity contribution in [3.05, 3.63) is 82.8 Å². The number of ether oxygens (including phenoxy) is 1. The summed E-state index contributed by atoms with van der Waals surface area (Å²) in [4.78, 5) is 31.7. The van der Waals surface area contributed by atoms with E-state index in [1.807, 2.05) is 37.3 Å². The highest BCUT2D eigenvalue weighted by Crippen LogP contribution is 2.47. The van der Waals surface area contributed by atoms with Crippen LogP contribution in [0.5, 0.6) is 0 Å². The molecule has 0 amide bonds. The third-order valence-electron chi connectivity index (χ3n) is 7.23. The lowest BCUT2D eigenvalue weighted by molar-refractivity contribution is -0.151. The maximum absolute atomic E-state index is 13.7. The average molecular weight is 446 g/mol. The van der Waals surface area contributed by atoms with E-state index in [0.717, 1.165) is 42.5 Å². The summed E-state index contributed by atoms with van der Waals surface area (Å²) in [6.07, 6.45) is 4.82. The second-order valence-electron chi connectivity index (χ2n) is 9.40. The minimum atomic E-state index is -0.674. The molecule has 0 N–H and O–H groups in total. The summed E-state index contributed by atoms with van der Waals surface area (Å²) in [5.41, 5.74) is 3.86. The molecule has 2 aliphatic carbocycles. The van der Waals surface area contributed by atoms with Crippen LogP contribution >= 0.6 is 0 Å². The zero-order valence-electron chi connectivity index (χ0n) is 18.8. The van der Waals surface area contributed by atoms with Crippen LogP contribution in [0.2, 0.25) is 0 Å². The minimum absolute atomic E-state index is 0.00865. The fourth-order valence-electron chi connectivity index (χ4n) is 5.60. The number of allylic oxidation sites excluding steroid dienone is 2. The van der Waals surface area contributed by atoms with E-state index >= 15 is 0 Å². The van der Waals surface area contributed by atoms with Gasteiger partial charge in [-0.2, -0.15) is 0 Å². The Labute approximate surface area is 193 Å². The van der Waals surface area contributed by atoms with E-state index in [1.54, 1.807) is 12.1 Å². The molecule has 1 aliphatic heterocycles. The number of benzene rings is 2. The number of Topliss-reactive ketones (excluding diaryl/α,β-unsaturated/α-hetero) is 1. The molecule has 1 saturated carbocycles. The van der Waals surface area contributed by atoms with Crippen LogP contribution in [0.4, 0.5) is 4.39 Å². The van der Waals surface area contributed by atoms with Crippen LogP contribution in [0.15, 0.2) is 70.9 Å². The van der Waals surface area contributed by atoms with Gasteiger partial charge in [0.1, 0.15) is 17.8 Å². The summed E-state index contributed by atoms with van der Waals surface area (Å²) in [7, 11) is 0. The topological polar surface area (TPSA) is 55.7 Å². The van der Waals surface area contributed by atoms with Crippen LogP contribution in [0.25, 0.3) is 0 Å². The third-order valence-corrected chi connectivity index (χ3v) is 7.23. The van der Waals surface area contributed by atoms with E-state index in [9.17, 15) is 14.0 Å². The second-order valence-corrected chi connectivity index (χ2v) is 9.40. The molecule has 4 nitrogen and oxygen atoms in total. The number of aliphatic imine (C=N–C) groups is 1. The smallest absolute Gasteiger partial charge is 0.315 e. The molecule has 3 aliphatic rings. The van der Waals surface area contributed by atoms with Gasteiger partial charge >= 0.3 is 5.97 Å². The van der Waals surface area contributed by atoms with Crippen molar-refractivity contribution in [2.75, 3.05) is 0 Å². The highest BCUT2D eigenvalue weighted by molar-refractivity contribution is 6.09. The van der Waals surface area contributed by atoms with Crippen molar-refractivity contribution in [2.45, 2.75) is 63.4 Å². The molecular formula is C28H28FNO3. The number of halogens is 1. The Morgan fingerprint density at radius 1 is 0.970 bits per heavy atom. The predicted molar refractivity (Wildman–Crippen MR) is 125 cm³/mol. The monoisotopic (exact) mass is 445 g/mol. The summed E-state index contributed by atoms with van der Waals surface area (Å²) >= 11 is 0. The molecule has 1 fully saturated rings. The van der Waals surface area contributed by atoms with Gasteiger partial charge in [-0.25, -0.2) is 4.39 Å². The van der Waals surface area contributed by atoms with Gasteiger partial charge in [-0.15, -0.1) is 0 Å². The second kappa shape index (κ2) is 9.05. The Balaban J connectivity index is 1.54. The third kappa shape index (κ3) is 4.29. The van der Waals surface area contributed by atoms with Gasteiger partial charge in [0, 0.05) is 29.3 Å². The van der Waals surface area contributed by atoms with Gasteiger partial charge in [-0.3, -0.25) is 14.6 Å². The van der Waals surface area contributed by atoms with Crippen LogP contribution in [0, 0.1) is 11.7 Å². The van der Waals surface area contributed by atoms with Crippen molar-refractivity contribution < 1.29 is 18.7 Å². The Morgan fingerprint density at radius 2 is 1.67 bits per heavy atom. The molecule has 0 aromatic heterocycles. The zero-order chi connectivity index (χ0) is 22.9. The van der Waals surface area contributed by atoms with Crippen molar-refractivity contribution in [3.63, 3.8) is 0 Å². The molecule has 3 atom stereocenters. The van der Waals surface area contributed by atoms with Crippen molar-refractivity contribution in [3.8, 4) is 0 Å². The molecule has 1 heterocycles. The fraction of sp³-hybridized carbons (Fsp3) is 0.393. The van der Waals surface area contributed by atoms with Gasteiger partial charge in [0.15, 0.2) is 5.78 Å². The quantitative estimate of drug-likeness (QED) is 0.552. The fourth-order valence-corrected chi connectivity index (χ4v) is 5.60. The maximum atomic E-state index is 13.7. The van der Waals surface area contributed by atoms with Crippen molar-refractivity contribution in [1.82, 2.24) is 0 Å². The number of rotatable bonds is 4. The van der Waals surface area contributed by atoms with Gasteiger partial charge in [-0.1, -0.05) is 42.5 Å². The van der Waals surface area contributed by atoms with Crippen LogP contribution in [-0.4, -0.2) is 23.6 Å². The summed E-state index contributed by atoms with van der Waals surface area (Å²) in [5, 5.41) is 0. The molecule has 2 aromatic carbocycles. The normalized spacial score (nSPS) is 25.6. The number of hydrogen-bond acceptors (Lipinski definition) is 4. The van der Waals surface area contributed by atoms with Gasteiger partial charge in [-0.05, 0) is 68.2 Å². The predicted octanol–water partition coefficient (Wildman–Crippen LogP) is 5.89. The minimum Gasteiger partial charge on any atom is -0.462 e. The number of carbonyl (C=O) groups excluding carboxylic acids is 2. The van der Waals surface area contributed by atoms with Crippen molar-refractivity contribution in [2.24, 2.45) is 10.9 Å². The lowest BCUT2D eigenvalue weighted by Gasteiger charge is -2.37. The van der Waals surface area contributed by atoms with Crippen LogP contribution < -0.4 is 0 Å². The molecule has 0 bridgehead atoms. The van der Waals surface area contributed by atoms with Gasteiger partial charge in [0.05, 0.1) is 0 Å². The highest BCUT2D eigenvalue weighted by Gasteiger charge is 2.45. The molecular weight excluding hydrogens is 417 g/mol. The summed E-state index contributed by atoms with van der Waals surface area (Å²) in [6.45, 7) is 1.84. The largest absolute Gasteiger partial charge is 0.462 e. The molecule has 170 valence electrons. The van der Waals surface area contributed by atoms with E-state index in [0.29, 0.717) is 24.1 Å². The van der Waals surface area contributed by atoms with Crippen LogP contribution in [0.1, 0.15) is 68.4 Å². The first-order valence-corrected chi connectivity index (χ1v) is 11.8. The van der Waals surface area contributed by atoms with Crippen LogP contribution in [0.3, 0.4) is 0 Å². The summed E-state index contributed by atoms with van der Waals surface area (Å²) in [5.74, 6) is -1.79. The molecule has 33 heavy (non-hydrogen) atoms. The maximum Gasteiger partial charge on any atom is 0.315 e. The Morgan fingerprint density at radius 3 is 2.36 bits per heavy atom. The average Bonchev–Trinajstić information content (AvgIpc) is 3.32. The van der Waals surface area contributed by atoms with Crippen molar-refractivity contribution in [1.29, 1.82) is 0 Å². The van der Waals surface area contributed by atoms with Crippen LogP contribution in [-0.2, 0) is 14.3 Å². The molecule has 0 radical (unpaired) electrons. The van der Waals surface area contributed by atoms with Gasteiger partial charge in [0.25, 0.3) is 0 Å². The first-order chi connectivity index (χ1) is 16.0. The van der Waals surface area contributed by atoms with Gasteiger partial charge in [0.2, 0.25) is 0 Å². The molecule has 0 spiro atoms. The van der Waals surface area contributed by atoms with E-state index in [1.165, 1.54) is 12.1 Å². The summed E-state index contributed by atoms with van der Waals surface area (Å²) in [6, 6.07) is 16.1.